The van der Waals surface area contributed by atoms with Gasteiger partial charge in [0.05, 0.1) is 18.1 Å². The van der Waals surface area contributed by atoms with Crippen molar-refractivity contribution in [2.24, 2.45) is 0 Å². The third kappa shape index (κ3) is 4.17. The molecule has 4 rings (SSSR count). The highest BCUT2D eigenvalue weighted by Gasteiger charge is 2.46. The molecule has 0 spiro atoms. The Morgan fingerprint density at radius 2 is 1.52 bits per heavy atom. The van der Waals surface area contributed by atoms with Crippen molar-refractivity contribution >= 4 is 38.8 Å². The summed E-state index contributed by atoms with van der Waals surface area (Å²) in [5.74, 6) is -0.561. The van der Waals surface area contributed by atoms with Gasteiger partial charge in [-0.15, -0.1) is 0 Å². The van der Waals surface area contributed by atoms with Gasteiger partial charge in [0.1, 0.15) is 6.54 Å². The number of hydrogen-bond donors (Lipinski definition) is 1. The lowest BCUT2D eigenvalue weighted by Gasteiger charge is -2.30. The second-order valence-corrected chi connectivity index (χ2v) is 8.57. The van der Waals surface area contributed by atoms with Gasteiger partial charge >= 0.3 is 10.1 Å². The average molecular weight is 448 g/mol. The Morgan fingerprint density at radius 3 is 2.06 bits per heavy atom. The van der Waals surface area contributed by atoms with E-state index in [2.05, 4.69) is 4.90 Å². The van der Waals surface area contributed by atoms with Crippen LogP contribution < -0.4 is 14.7 Å². The van der Waals surface area contributed by atoms with Crippen LogP contribution in [0.5, 0.6) is 0 Å². The zero-order valence-electron chi connectivity index (χ0n) is 16.3. The number of morpholine rings is 1. The van der Waals surface area contributed by atoms with Crippen LogP contribution in [0, 0.1) is 10.1 Å². The number of nitrogens with zero attached hydrogens (tertiary/aromatic N) is 4. The molecule has 0 aliphatic carbocycles. The van der Waals surface area contributed by atoms with Gasteiger partial charge in [0, 0.05) is 42.3 Å². The van der Waals surface area contributed by atoms with E-state index in [1.165, 1.54) is 29.2 Å². The minimum atomic E-state index is -4.72. The highest BCUT2D eigenvalue weighted by molar-refractivity contribution is 7.86. The number of anilines is 3. The Bertz CT molecular complexity index is 1080. The molecule has 0 bridgehead atoms. The van der Waals surface area contributed by atoms with Crippen LogP contribution in [-0.4, -0.2) is 62.1 Å². The van der Waals surface area contributed by atoms with Crippen LogP contribution in [0.1, 0.15) is 0 Å². The van der Waals surface area contributed by atoms with E-state index >= 15 is 0 Å². The van der Waals surface area contributed by atoms with E-state index in [1.807, 2.05) is 12.1 Å². The van der Waals surface area contributed by atoms with Crippen LogP contribution in [0.15, 0.2) is 48.5 Å². The molecule has 2 aromatic rings. The monoisotopic (exact) mass is 448 g/mol. The Kier molecular flexibility index (Phi) is 5.52. The van der Waals surface area contributed by atoms with E-state index in [4.69, 9.17) is 4.74 Å². The second-order valence-electron chi connectivity index (χ2n) is 7.12. The molecular weight excluding hydrogens is 428 g/mol. The molecule has 1 amide bonds. The summed E-state index contributed by atoms with van der Waals surface area (Å²) in [6.45, 7) is 2.44. The van der Waals surface area contributed by atoms with Crippen molar-refractivity contribution < 1.29 is 27.4 Å². The summed E-state index contributed by atoms with van der Waals surface area (Å²) in [6, 6.07) is 11.9. The van der Waals surface area contributed by atoms with E-state index < -0.39 is 26.4 Å². The van der Waals surface area contributed by atoms with Crippen LogP contribution >= 0.6 is 0 Å². The summed E-state index contributed by atoms with van der Waals surface area (Å²) in [7, 11) is -4.72. The summed E-state index contributed by atoms with van der Waals surface area (Å²) in [5.41, 5.74) is -0.374. The predicted octanol–water partition coefficient (Wildman–Crippen LogP) is 1.46. The summed E-state index contributed by atoms with van der Waals surface area (Å²) in [5, 5.41) is 10.9. The predicted molar refractivity (Wildman–Crippen MR) is 113 cm³/mol. The number of benzene rings is 2. The van der Waals surface area contributed by atoms with Gasteiger partial charge in [0.25, 0.3) is 5.69 Å². The van der Waals surface area contributed by atoms with E-state index in [0.717, 1.165) is 23.7 Å². The first kappa shape index (κ1) is 21.0. The van der Waals surface area contributed by atoms with Crippen molar-refractivity contribution in [2.45, 2.75) is 5.50 Å². The quantitative estimate of drug-likeness (QED) is 0.410. The van der Waals surface area contributed by atoms with Gasteiger partial charge in [-0.3, -0.25) is 24.4 Å². The normalized spacial score (nSPS) is 19.7. The van der Waals surface area contributed by atoms with Crippen molar-refractivity contribution in [3.05, 3.63) is 58.6 Å². The molecule has 2 heterocycles. The molecule has 1 atom stereocenters. The Morgan fingerprint density at radius 1 is 0.968 bits per heavy atom. The van der Waals surface area contributed by atoms with Crippen molar-refractivity contribution in [2.75, 3.05) is 47.5 Å². The molecule has 2 aliphatic heterocycles. The largest absolute Gasteiger partial charge is 0.378 e. The van der Waals surface area contributed by atoms with Gasteiger partial charge in [-0.25, -0.2) is 0 Å². The molecule has 12 heteroatoms. The molecule has 0 aromatic heterocycles. The number of ether oxygens (including phenoxy) is 1. The molecule has 0 radical (unpaired) electrons. The number of carbonyl (C=O) groups is 1. The number of carbonyl (C=O) groups excluding carboxylic acids is 1. The van der Waals surface area contributed by atoms with Gasteiger partial charge in [0.15, 0.2) is 0 Å². The zero-order valence-corrected chi connectivity index (χ0v) is 17.1. The number of rotatable bonds is 5. The number of non-ortho nitro benzene ring substituents is 1. The van der Waals surface area contributed by atoms with Crippen LogP contribution in [0.3, 0.4) is 0 Å². The molecule has 1 N–H and O–H groups in total. The van der Waals surface area contributed by atoms with Gasteiger partial charge in [-0.1, -0.05) is 0 Å². The second kappa shape index (κ2) is 8.13. The Labute approximate surface area is 178 Å². The fourth-order valence-electron chi connectivity index (χ4n) is 3.76. The van der Waals surface area contributed by atoms with Gasteiger partial charge in [0.2, 0.25) is 11.4 Å². The van der Waals surface area contributed by atoms with Gasteiger partial charge < -0.3 is 14.5 Å². The molecule has 2 saturated heterocycles. The third-order valence-electron chi connectivity index (χ3n) is 5.22. The maximum absolute atomic E-state index is 12.7. The maximum Gasteiger partial charge on any atom is 0.306 e. The minimum Gasteiger partial charge on any atom is -0.378 e. The van der Waals surface area contributed by atoms with Gasteiger partial charge in [-0.2, -0.15) is 8.42 Å². The maximum atomic E-state index is 12.7. The van der Waals surface area contributed by atoms with Crippen LogP contribution in [0.2, 0.25) is 0 Å². The van der Waals surface area contributed by atoms with Crippen LogP contribution in [0.4, 0.5) is 22.7 Å². The molecule has 2 aliphatic rings. The summed E-state index contributed by atoms with van der Waals surface area (Å²) < 4.78 is 39.7. The highest BCUT2D eigenvalue weighted by Crippen LogP contribution is 2.33. The van der Waals surface area contributed by atoms with E-state index in [-0.39, 0.29) is 17.9 Å². The fraction of sp³-hybridized carbons (Fsp3) is 0.316. The SMILES string of the molecule is O=C1CN(c2ccc(N3CCOCC3)cc2)C(S(=O)(=O)O)N1c1ccc([N+](=O)[O-])cc1. The lowest BCUT2D eigenvalue weighted by molar-refractivity contribution is -0.384. The summed E-state index contributed by atoms with van der Waals surface area (Å²) >= 11 is 0. The van der Waals surface area contributed by atoms with Crippen molar-refractivity contribution in [1.29, 1.82) is 0 Å². The minimum absolute atomic E-state index is 0.130. The Balaban J connectivity index is 1.65. The fourth-order valence-corrected chi connectivity index (χ4v) is 4.78. The van der Waals surface area contributed by atoms with E-state index in [0.29, 0.717) is 18.9 Å². The molecule has 2 fully saturated rings. The Hall–Kier alpha value is -3.22. The zero-order chi connectivity index (χ0) is 22.2. The standard InChI is InChI=1S/C19H20N4O7S/c24-18-13-21(15-3-1-14(2-4-15)20-9-11-30-12-10-20)19(31(27,28)29)22(18)16-5-7-17(8-6-16)23(25)26/h1-8,19H,9-13H2,(H,27,28,29). The average Bonchev–Trinajstić information content (AvgIpc) is 3.12. The third-order valence-corrected chi connectivity index (χ3v) is 6.22. The molecule has 1 unspecified atom stereocenters. The summed E-state index contributed by atoms with van der Waals surface area (Å²) in [6.07, 6.45) is 0. The first-order valence-electron chi connectivity index (χ1n) is 9.48. The first-order chi connectivity index (χ1) is 14.8. The first-order valence-corrected chi connectivity index (χ1v) is 11.0. The van der Waals surface area contributed by atoms with Crippen molar-refractivity contribution in [3.8, 4) is 0 Å². The van der Waals surface area contributed by atoms with Crippen molar-refractivity contribution in [3.63, 3.8) is 0 Å². The van der Waals surface area contributed by atoms with E-state index in [9.17, 15) is 27.9 Å². The lowest BCUT2D eigenvalue weighted by atomic mass is 10.2. The van der Waals surface area contributed by atoms with Crippen LogP contribution in [-0.2, 0) is 19.6 Å². The topological polar surface area (TPSA) is 134 Å². The molecule has 11 nitrogen and oxygen atoms in total. The van der Waals surface area contributed by atoms with Crippen molar-refractivity contribution in [1.82, 2.24) is 0 Å². The summed E-state index contributed by atoms with van der Waals surface area (Å²) in [4.78, 5) is 27.3. The molecular formula is C19H20N4O7S. The molecule has 0 saturated carbocycles. The lowest BCUT2D eigenvalue weighted by Crippen LogP contribution is -2.46. The number of hydrogen-bond acceptors (Lipinski definition) is 8. The molecule has 31 heavy (non-hydrogen) atoms. The number of nitro benzene ring substituents is 1. The molecule has 2 aromatic carbocycles. The van der Waals surface area contributed by atoms with E-state index in [1.54, 1.807) is 12.1 Å². The van der Waals surface area contributed by atoms with Crippen LogP contribution in [0.25, 0.3) is 0 Å². The highest BCUT2D eigenvalue weighted by atomic mass is 32.2. The number of amides is 1. The number of nitro groups is 1. The van der Waals surface area contributed by atoms with Gasteiger partial charge in [-0.05, 0) is 36.4 Å². The molecule has 164 valence electrons. The smallest absolute Gasteiger partial charge is 0.306 e.